The first-order chi connectivity index (χ1) is 6.23. The molecule has 13 heavy (non-hydrogen) atoms. The van der Waals surface area contributed by atoms with Gasteiger partial charge in [-0.05, 0) is 25.7 Å². The summed E-state index contributed by atoms with van der Waals surface area (Å²) >= 11 is 0. The predicted octanol–water partition coefficient (Wildman–Crippen LogP) is 0.970. The molecule has 0 aromatic carbocycles. The highest BCUT2D eigenvalue weighted by molar-refractivity contribution is 5.96. The summed E-state index contributed by atoms with van der Waals surface area (Å²) in [4.78, 5) is 0. The Bertz CT molecular complexity index is 257. The molecule has 0 aliphatic heterocycles. The van der Waals surface area contributed by atoms with Gasteiger partial charge in [0, 0.05) is 11.1 Å². The van der Waals surface area contributed by atoms with Gasteiger partial charge in [0.15, 0.2) is 0 Å². The SMILES string of the molecule is NC(N)=N/N=C1/CCC12CCCC2. The van der Waals surface area contributed by atoms with Crippen molar-refractivity contribution >= 4 is 11.7 Å². The second-order valence-electron chi connectivity index (χ2n) is 4.06. The molecule has 0 amide bonds. The monoisotopic (exact) mass is 180 g/mol. The Labute approximate surface area is 78.1 Å². The van der Waals surface area contributed by atoms with Gasteiger partial charge in [0.25, 0.3) is 0 Å². The van der Waals surface area contributed by atoms with Gasteiger partial charge < -0.3 is 11.5 Å². The zero-order valence-corrected chi connectivity index (χ0v) is 7.79. The number of nitrogens with two attached hydrogens (primary N) is 2. The van der Waals surface area contributed by atoms with E-state index in [1.807, 2.05) is 0 Å². The first kappa shape index (κ1) is 8.53. The van der Waals surface area contributed by atoms with E-state index >= 15 is 0 Å². The van der Waals surface area contributed by atoms with Crippen LogP contribution in [0.2, 0.25) is 0 Å². The summed E-state index contributed by atoms with van der Waals surface area (Å²) in [7, 11) is 0. The minimum Gasteiger partial charge on any atom is -0.369 e. The van der Waals surface area contributed by atoms with Crippen LogP contribution in [0.25, 0.3) is 0 Å². The van der Waals surface area contributed by atoms with Crippen molar-refractivity contribution in [2.45, 2.75) is 38.5 Å². The van der Waals surface area contributed by atoms with E-state index in [9.17, 15) is 0 Å². The number of guanidine groups is 1. The summed E-state index contributed by atoms with van der Waals surface area (Å²) < 4.78 is 0. The van der Waals surface area contributed by atoms with Crippen LogP contribution < -0.4 is 11.5 Å². The van der Waals surface area contributed by atoms with Crippen molar-refractivity contribution in [3.8, 4) is 0 Å². The lowest BCUT2D eigenvalue weighted by Crippen LogP contribution is -2.38. The molecule has 0 bridgehead atoms. The van der Waals surface area contributed by atoms with Crippen LogP contribution in [0.1, 0.15) is 38.5 Å². The second kappa shape index (κ2) is 3.01. The van der Waals surface area contributed by atoms with E-state index in [1.54, 1.807) is 0 Å². The maximum Gasteiger partial charge on any atom is 0.211 e. The van der Waals surface area contributed by atoms with Crippen molar-refractivity contribution in [2.75, 3.05) is 0 Å². The highest BCUT2D eigenvalue weighted by Crippen LogP contribution is 2.51. The molecule has 0 aromatic heterocycles. The van der Waals surface area contributed by atoms with Crippen molar-refractivity contribution in [3.63, 3.8) is 0 Å². The van der Waals surface area contributed by atoms with Crippen LogP contribution in [0.3, 0.4) is 0 Å². The molecule has 0 unspecified atom stereocenters. The smallest absolute Gasteiger partial charge is 0.211 e. The Morgan fingerprint density at radius 3 is 2.31 bits per heavy atom. The summed E-state index contributed by atoms with van der Waals surface area (Å²) in [5.74, 6) is 0.0625. The van der Waals surface area contributed by atoms with Crippen LogP contribution in [0.5, 0.6) is 0 Å². The Hall–Kier alpha value is -1.06. The van der Waals surface area contributed by atoms with Gasteiger partial charge in [0.2, 0.25) is 5.96 Å². The normalized spacial score (nSPS) is 27.5. The van der Waals surface area contributed by atoms with Crippen LogP contribution in [0.4, 0.5) is 0 Å². The number of hydrogen-bond acceptors (Lipinski definition) is 2. The molecule has 0 saturated heterocycles. The van der Waals surface area contributed by atoms with E-state index in [4.69, 9.17) is 11.5 Å². The van der Waals surface area contributed by atoms with Gasteiger partial charge in [-0.25, -0.2) is 0 Å². The maximum atomic E-state index is 5.23. The highest BCUT2D eigenvalue weighted by atomic mass is 15.3. The fraction of sp³-hybridized carbons (Fsp3) is 0.778. The van der Waals surface area contributed by atoms with Crippen LogP contribution in [0, 0.1) is 5.41 Å². The highest BCUT2D eigenvalue weighted by Gasteiger charge is 2.45. The lowest BCUT2D eigenvalue weighted by molar-refractivity contribution is 0.338. The molecule has 1 spiro atoms. The second-order valence-corrected chi connectivity index (χ2v) is 4.06. The van der Waals surface area contributed by atoms with Crippen LogP contribution >= 0.6 is 0 Å². The molecule has 0 radical (unpaired) electrons. The lowest BCUT2D eigenvalue weighted by atomic mass is 9.66. The van der Waals surface area contributed by atoms with E-state index in [1.165, 1.54) is 37.8 Å². The number of rotatable bonds is 1. The minimum atomic E-state index is 0.0625. The van der Waals surface area contributed by atoms with E-state index in [2.05, 4.69) is 10.2 Å². The minimum absolute atomic E-state index is 0.0625. The first-order valence-corrected chi connectivity index (χ1v) is 4.89. The van der Waals surface area contributed by atoms with Crippen LogP contribution in [-0.2, 0) is 0 Å². The molecule has 4 nitrogen and oxygen atoms in total. The largest absolute Gasteiger partial charge is 0.369 e. The van der Waals surface area contributed by atoms with E-state index in [0.717, 1.165) is 6.42 Å². The Morgan fingerprint density at radius 2 is 1.85 bits per heavy atom. The van der Waals surface area contributed by atoms with Crippen molar-refractivity contribution < 1.29 is 0 Å². The fourth-order valence-electron chi connectivity index (χ4n) is 2.45. The Balaban J connectivity index is 2.09. The zero-order valence-electron chi connectivity index (χ0n) is 7.79. The van der Waals surface area contributed by atoms with Gasteiger partial charge in [0.1, 0.15) is 0 Å². The van der Waals surface area contributed by atoms with Gasteiger partial charge in [-0.1, -0.05) is 12.8 Å². The standard InChI is InChI=1S/C9H16N4/c10-8(11)13-12-7-3-6-9(7)4-1-2-5-9/h1-6H2,(H4,10,11,13)/b12-7-. The quantitative estimate of drug-likeness (QED) is 0.358. The molecule has 0 atom stereocenters. The van der Waals surface area contributed by atoms with Gasteiger partial charge in [-0.3, -0.25) is 0 Å². The molecular weight excluding hydrogens is 164 g/mol. The first-order valence-electron chi connectivity index (χ1n) is 4.89. The molecule has 4 N–H and O–H groups in total. The molecule has 2 fully saturated rings. The molecule has 72 valence electrons. The third-order valence-corrected chi connectivity index (χ3v) is 3.30. The lowest BCUT2D eigenvalue weighted by Gasteiger charge is -2.39. The fourth-order valence-corrected chi connectivity index (χ4v) is 2.45. The summed E-state index contributed by atoms with van der Waals surface area (Å²) in [6.45, 7) is 0. The number of nitrogens with zero attached hydrogens (tertiary/aromatic N) is 2. The van der Waals surface area contributed by atoms with Gasteiger partial charge in [0.05, 0.1) is 0 Å². The molecule has 4 heteroatoms. The summed E-state index contributed by atoms with van der Waals surface area (Å²) in [5.41, 5.74) is 12.1. The average Bonchev–Trinajstić information content (AvgIpc) is 2.51. The van der Waals surface area contributed by atoms with E-state index in [0.29, 0.717) is 5.41 Å². The zero-order chi connectivity index (χ0) is 9.31. The van der Waals surface area contributed by atoms with Crippen LogP contribution in [0.15, 0.2) is 10.2 Å². The molecular formula is C9H16N4. The predicted molar refractivity (Wildman–Crippen MR) is 53.4 cm³/mol. The third-order valence-electron chi connectivity index (χ3n) is 3.30. The molecule has 2 aliphatic carbocycles. The average molecular weight is 180 g/mol. The summed E-state index contributed by atoms with van der Waals surface area (Å²) in [6, 6.07) is 0. The summed E-state index contributed by atoms with van der Waals surface area (Å²) in [6.07, 6.45) is 7.60. The molecule has 2 aliphatic rings. The molecule has 0 aromatic rings. The Morgan fingerprint density at radius 1 is 1.15 bits per heavy atom. The van der Waals surface area contributed by atoms with Crippen molar-refractivity contribution in [1.29, 1.82) is 0 Å². The van der Waals surface area contributed by atoms with Crippen molar-refractivity contribution in [2.24, 2.45) is 27.1 Å². The van der Waals surface area contributed by atoms with Crippen molar-refractivity contribution in [1.82, 2.24) is 0 Å². The van der Waals surface area contributed by atoms with Crippen molar-refractivity contribution in [3.05, 3.63) is 0 Å². The Kier molecular flexibility index (Phi) is 1.98. The third kappa shape index (κ3) is 1.41. The van der Waals surface area contributed by atoms with E-state index in [-0.39, 0.29) is 5.96 Å². The summed E-state index contributed by atoms with van der Waals surface area (Å²) in [5, 5.41) is 7.84. The molecule has 0 heterocycles. The van der Waals surface area contributed by atoms with E-state index < -0.39 is 0 Å². The topological polar surface area (TPSA) is 76.8 Å². The number of hydrogen-bond donors (Lipinski definition) is 2. The van der Waals surface area contributed by atoms with Gasteiger partial charge >= 0.3 is 0 Å². The maximum absolute atomic E-state index is 5.23. The van der Waals surface area contributed by atoms with Crippen LogP contribution in [-0.4, -0.2) is 11.7 Å². The van der Waals surface area contributed by atoms with Gasteiger partial charge in [-0.2, -0.15) is 5.10 Å². The van der Waals surface area contributed by atoms with Gasteiger partial charge in [-0.15, -0.1) is 5.10 Å². The molecule has 2 saturated carbocycles. The molecule has 2 rings (SSSR count).